The predicted molar refractivity (Wildman–Crippen MR) is 216 cm³/mol. The molecule has 0 heterocycles. The van der Waals surface area contributed by atoms with E-state index >= 15 is 0 Å². The number of unbranched alkanes of at least 4 members (excludes halogenated alkanes) is 22. The second-order valence-corrected chi connectivity index (χ2v) is 36.6. The molecule has 0 aliphatic heterocycles. The van der Waals surface area contributed by atoms with Crippen molar-refractivity contribution in [3.63, 3.8) is 0 Å². The van der Waals surface area contributed by atoms with Crippen molar-refractivity contribution < 1.29 is 13.0 Å². The van der Waals surface area contributed by atoms with E-state index in [4.69, 9.17) is 7.56 Å². The van der Waals surface area contributed by atoms with E-state index in [-0.39, 0.29) is 29.4 Å². The van der Waals surface area contributed by atoms with Gasteiger partial charge >= 0.3 is 284 Å². The van der Waals surface area contributed by atoms with Crippen LogP contribution in [0.4, 0.5) is 0 Å². The first kappa shape index (κ1) is 53.6. The molecule has 0 aliphatic rings. The van der Waals surface area contributed by atoms with Gasteiger partial charge in [0.1, 0.15) is 0 Å². The van der Waals surface area contributed by atoms with Gasteiger partial charge in [-0.2, -0.15) is 0 Å². The van der Waals surface area contributed by atoms with Gasteiger partial charge in [-0.3, -0.25) is 0 Å². The molecule has 4 nitrogen and oxygen atoms in total. The van der Waals surface area contributed by atoms with Crippen molar-refractivity contribution in [3.05, 3.63) is 0 Å². The number of rotatable bonds is 38. The molecule has 0 rings (SSSR count). The third kappa shape index (κ3) is 32.6. The second-order valence-electron chi connectivity index (χ2n) is 14.4. The van der Waals surface area contributed by atoms with Crippen molar-refractivity contribution in [2.75, 3.05) is 13.2 Å². The minimum atomic E-state index is -3.26. The average molecular weight is 989 g/mol. The summed E-state index contributed by atoms with van der Waals surface area (Å²) in [5.74, 6) is 0. The van der Waals surface area contributed by atoms with Gasteiger partial charge in [0, 0.05) is 23.9 Å². The zero-order chi connectivity index (χ0) is 33.2. The van der Waals surface area contributed by atoms with E-state index in [1.54, 1.807) is 0 Å². The summed E-state index contributed by atoms with van der Waals surface area (Å²) in [6, 6.07) is 0. The Morgan fingerprint density at radius 3 is 0.745 bits per heavy atom. The Morgan fingerprint density at radius 1 is 0.298 bits per heavy atom. The summed E-state index contributed by atoms with van der Waals surface area (Å²) < 4.78 is 27.2. The Bertz CT molecular complexity index is 518. The van der Waals surface area contributed by atoms with Crippen LogP contribution in [0, 0.1) is 0 Å². The molecule has 0 aliphatic carbocycles. The summed E-state index contributed by atoms with van der Waals surface area (Å²) in [5, 5.41) is 0. The first-order valence-electron chi connectivity index (χ1n) is 21.1. The first-order chi connectivity index (χ1) is 22.1. The molecule has 2 N–H and O–H groups in total. The van der Waals surface area contributed by atoms with Gasteiger partial charge in [0.25, 0.3) is 0 Å². The van der Waals surface area contributed by atoms with Gasteiger partial charge in [0.15, 0.2) is 0 Å². The molecular weight excluding hydrogens is 901 g/mol. The fourth-order valence-corrected chi connectivity index (χ4v) is 49.3. The predicted octanol–water partition coefficient (Wildman–Crippen LogP) is 13.8. The summed E-state index contributed by atoms with van der Waals surface area (Å²) >= 11 is -6.53. The van der Waals surface area contributed by atoms with Gasteiger partial charge in [0.2, 0.25) is 0 Å². The van der Waals surface area contributed by atoms with Crippen molar-refractivity contribution in [1.29, 1.82) is 0 Å². The Morgan fingerprint density at radius 2 is 0.511 bits per heavy atom. The van der Waals surface area contributed by atoms with E-state index in [0.29, 0.717) is 0 Å². The third-order valence-electron chi connectivity index (χ3n) is 9.74. The van der Waals surface area contributed by atoms with E-state index in [1.807, 2.05) is 0 Å². The average Bonchev–Trinajstić information content (AvgIpc) is 3.05. The smallest absolute Gasteiger partial charge is 0.412 e. The minimum Gasteiger partial charge on any atom is -0.412 e. The van der Waals surface area contributed by atoms with Crippen molar-refractivity contribution in [2.24, 2.45) is 0 Å². The SMILES string of the molecule is CCCCCCCCCCCC[O][Sn]([CH2]CCC)([CH2]CCC)[O][Sn]([CH2]CCC)([CH2]CCC)[O]CCCCCCCCCCCC.O.[Sn]. The number of hydrogen-bond acceptors (Lipinski definition) is 3. The van der Waals surface area contributed by atoms with Crippen molar-refractivity contribution >= 4 is 62.3 Å². The Balaban J connectivity index is -0.00000968. The van der Waals surface area contributed by atoms with E-state index in [9.17, 15) is 0 Å². The van der Waals surface area contributed by atoms with Crippen LogP contribution >= 0.6 is 0 Å². The molecule has 0 spiro atoms. The van der Waals surface area contributed by atoms with Gasteiger partial charge in [-0.05, 0) is 0 Å². The summed E-state index contributed by atoms with van der Waals surface area (Å²) in [4.78, 5) is 0. The standard InChI is InChI=1S/2C12H25O.4C4H9.H2O.O.3Sn/c2*1-2-3-4-5-6-7-8-9-10-11-12-13;4*1-3-4-2;;;;;/h2*2-12H2,1H3;4*1,3-4H2,2H3;1H2;;;;/q2*-1;;;;;;;;2*+1. The topological polar surface area (TPSA) is 59.2 Å². The molecule has 7 heteroatoms. The molecule has 0 bridgehead atoms. The normalized spacial score (nSPS) is 11.9. The van der Waals surface area contributed by atoms with Gasteiger partial charge < -0.3 is 5.48 Å². The molecule has 0 saturated heterocycles. The van der Waals surface area contributed by atoms with Crippen LogP contribution < -0.4 is 0 Å². The molecule has 0 fully saturated rings. The maximum atomic E-state index is 7.79. The second kappa shape index (κ2) is 41.0. The van der Waals surface area contributed by atoms with Crippen molar-refractivity contribution in [3.8, 4) is 0 Å². The molecule has 0 unspecified atom stereocenters. The van der Waals surface area contributed by atoms with Crippen LogP contribution in [0.1, 0.15) is 221 Å². The molecule has 4 radical (unpaired) electrons. The van der Waals surface area contributed by atoms with Gasteiger partial charge in [-0.25, -0.2) is 0 Å². The zero-order valence-electron chi connectivity index (χ0n) is 33.3. The quantitative estimate of drug-likeness (QED) is 0.0457. The Hall–Kier alpha value is 2.24. The molecule has 0 aromatic heterocycles. The fraction of sp³-hybridized carbons (Fsp3) is 1.00. The van der Waals surface area contributed by atoms with Crippen molar-refractivity contribution in [1.82, 2.24) is 0 Å². The Labute approximate surface area is 324 Å². The molecule has 0 saturated carbocycles. The van der Waals surface area contributed by atoms with E-state index in [1.165, 1.54) is 198 Å². The summed E-state index contributed by atoms with van der Waals surface area (Å²) in [6.07, 6.45) is 37.8. The van der Waals surface area contributed by atoms with Crippen molar-refractivity contribution in [2.45, 2.75) is 239 Å². The molecule has 284 valence electrons. The summed E-state index contributed by atoms with van der Waals surface area (Å²) in [7, 11) is 0. The van der Waals surface area contributed by atoms with E-state index in [0.717, 1.165) is 13.2 Å². The van der Waals surface area contributed by atoms with Crippen LogP contribution in [0.15, 0.2) is 0 Å². The van der Waals surface area contributed by atoms with Crippen LogP contribution in [0.5, 0.6) is 0 Å². The summed E-state index contributed by atoms with van der Waals surface area (Å²) in [6.45, 7) is 15.9. The van der Waals surface area contributed by atoms with Crippen LogP contribution in [0.25, 0.3) is 0 Å². The molecule has 0 aromatic rings. The Kier molecular flexibility index (Phi) is 46.7. The molecule has 0 atom stereocenters. The van der Waals surface area contributed by atoms with Gasteiger partial charge in [0.05, 0.1) is 0 Å². The maximum absolute atomic E-state index is 7.79. The fourth-order valence-electron chi connectivity index (χ4n) is 6.62. The van der Waals surface area contributed by atoms with E-state index in [2.05, 4.69) is 41.5 Å². The van der Waals surface area contributed by atoms with Gasteiger partial charge in [-0.1, -0.05) is 13.8 Å². The minimum absolute atomic E-state index is 0. The van der Waals surface area contributed by atoms with Crippen LogP contribution in [0.2, 0.25) is 17.7 Å². The van der Waals surface area contributed by atoms with Gasteiger partial charge in [-0.15, -0.1) is 0 Å². The number of hydrogen-bond donors (Lipinski definition) is 0. The molecule has 0 aromatic carbocycles. The molecule has 47 heavy (non-hydrogen) atoms. The van der Waals surface area contributed by atoms with Crippen LogP contribution in [0.3, 0.4) is 0 Å². The molecule has 0 amide bonds. The summed E-state index contributed by atoms with van der Waals surface area (Å²) in [5.41, 5.74) is 0. The van der Waals surface area contributed by atoms with E-state index < -0.39 is 38.4 Å². The first-order valence-corrected chi connectivity index (χ1v) is 33.8. The van der Waals surface area contributed by atoms with Crippen LogP contribution in [-0.4, -0.2) is 81.0 Å². The zero-order valence-corrected chi connectivity index (χ0v) is 41.8. The monoisotopic (exact) mass is 992 g/mol. The van der Waals surface area contributed by atoms with Crippen LogP contribution in [-0.2, 0) is 7.56 Å². The molecular formula is C40H88O4Sn3. The third-order valence-corrected chi connectivity index (χ3v) is 43.0.